The first-order valence-corrected chi connectivity index (χ1v) is 8.31. The summed E-state index contributed by atoms with van der Waals surface area (Å²) in [5.74, 6) is -1.87. The average molecular weight is 322 g/mol. The van der Waals surface area contributed by atoms with E-state index in [0.29, 0.717) is 13.0 Å². The third-order valence-corrected chi connectivity index (χ3v) is 5.20. The molecule has 1 rings (SSSR count). The summed E-state index contributed by atoms with van der Waals surface area (Å²) in [6.45, 7) is 3.55. The van der Waals surface area contributed by atoms with E-state index in [1.54, 1.807) is 0 Å². The van der Waals surface area contributed by atoms with Gasteiger partial charge in [-0.3, -0.25) is 4.79 Å². The van der Waals surface area contributed by atoms with Gasteiger partial charge in [-0.15, -0.1) is 0 Å². The molecule has 0 radical (unpaired) electrons. The Morgan fingerprint density at radius 1 is 1.45 bits per heavy atom. The van der Waals surface area contributed by atoms with Crippen molar-refractivity contribution in [3.05, 3.63) is 34.6 Å². The minimum Gasteiger partial charge on any atom is -0.355 e. The lowest BCUT2D eigenvalue weighted by Crippen LogP contribution is -2.38. The van der Waals surface area contributed by atoms with Gasteiger partial charge in [0, 0.05) is 17.1 Å². The Labute approximate surface area is 123 Å². The zero-order valence-electron chi connectivity index (χ0n) is 11.3. The van der Waals surface area contributed by atoms with Crippen LogP contribution in [0, 0.1) is 5.82 Å². The molecular weight excluding hydrogens is 305 g/mol. The Bertz CT molecular complexity index is 569. The van der Waals surface area contributed by atoms with Gasteiger partial charge in [-0.25, -0.2) is 12.8 Å². The van der Waals surface area contributed by atoms with Crippen LogP contribution in [0.4, 0.5) is 4.39 Å². The van der Waals surface area contributed by atoms with Crippen LogP contribution in [0.2, 0.25) is 5.02 Å². The largest absolute Gasteiger partial charge is 0.355 e. The van der Waals surface area contributed by atoms with Gasteiger partial charge in [-0.05, 0) is 25.5 Å². The molecule has 1 aromatic carbocycles. The van der Waals surface area contributed by atoms with Crippen LogP contribution in [-0.4, -0.2) is 26.1 Å². The molecule has 0 heterocycles. The molecule has 0 aliphatic heterocycles. The number of sulfone groups is 1. The van der Waals surface area contributed by atoms with Crippen LogP contribution in [0.25, 0.3) is 0 Å². The zero-order valence-corrected chi connectivity index (χ0v) is 12.9. The second-order valence-electron chi connectivity index (χ2n) is 4.44. The van der Waals surface area contributed by atoms with Crippen molar-refractivity contribution < 1.29 is 17.6 Å². The second-order valence-corrected chi connectivity index (χ2v) is 7.17. The zero-order chi connectivity index (χ0) is 15.3. The molecule has 1 unspecified atom stereocenters. The SMILES string of the molecule is CCCNC(=O)C(C)S(=O)(=O)Cc1c(F)cccc1Cl. The molecule has 1 atom stereocenters. The van der Waals surface area contributed by atoms with Crippen LogP contribution >= 0.6 is 11.6 Å². The van der Waals surface area contributed by atoms with Crippen molar-refractivity contribution in [1.82, 2.24) is 5.32 Å². The van der Waals surface area contributed by atoms with E-state index < -0.39 is 32.6 Å². The third kappa shape index (κ3) is 4.18. The Kier molecular flexibility index (Phi) is 5.95. The average Bonchev–Trinajstić information content (AvgIpc) is 2.39. The van der Waals surface area contributed by atoms with Crippen LogP contribution in [0.1, 0.15) is 25.8 Å². The van der Waals surface area contributed by atoms with E-state index in [9.17, 15) is 17.6 Å². The van der Waals surface area contributed by atoms with Crippen LogP contribution in [0.5, 0.6) is 0 Å². The van der Waals surface area contributed by atoms with E-state index in [2.05, 4.69) is 5.32 Å². The van der Waals surface area contributed by atoms with E-state index in [0.717, 1.165) is 6.07 Å². The van der Waals surface area contributed by atoms with Gasteiger partial charge < -0.3 is 5.32 Å². The number of nitrogens with one attached hydrogen (secondary N) is 1. The summed E-state index contributed by atoms with van der Waals surface area (Å²) >= 11 is 5.80. The summed E-state index contributed by atoms with van der Waals surface area (Å²) in [6.07, 6.45) is 0.706. The van der Waals surface area contributed by atoms with Gasteiger partial charge in [0.15, 0.2) is 9.84 Å². The van der Waals surface area contributed by atoms with Crippen LogP contribution in [0.3, 0.4) is 0 Å². The predicted molar refractivity (Wildman–Crippen MR) is 76.8 cm³/mol. The molecule has 0 aliphatic carbocycles. The Morgan fingerprint density at radius 2 is 2.10 bits per heavy atom. The van der Waals surface area contributed by atoms with E-state index in [1.807, 2.05) is 6.92 Å². The molecule has 0 aliphatic rings. The molecule has 1 aromatic rings. The van der Waals surface area contributed by atoms with Crippen LogP contribution in [-0.2, 0) is 20.4 Å². The lowest BCUT2D eigenvalue weighted by Gasteiger charge is -2.14. The van der Waals surface area contributed by atoms with E-state index in [1.165, 1.54) is 19.1 Å². The molecule has 0 saturated carbocycles. The first kappa shape index (κ1) is 16.9. The van der Waals surface area contributed by atoms with Gasteiger partial charge in [-0.1, -0.05) is 24.6 Å². The highest BCUT2D eigenvalue weighted by molar-refractivity contribution is 7.92. The topological polar surface area (TPSA) is 63.2 Å². The van der Waals surface area contributed by atoms with Crippen molar-refractivity contribution in [2.24, 2.45) is 0 Å². The minimum absolute atomic E-state index is 0.0368. The normalized spacial score (nSPS) is 13.0. The molecule has 1 amide bonds. The molecule has 0 aromatic heterocycles. The van der Waals surface area contributed by atoms with Crippen molar-refractivity contribution in [3.63, 3.8) is 0 Å². The molecule has 4 nitrogen and oxygen atoms in total. The van der Waals surface area contributed by atoms with Crippen LogP contribution in [0.15, 0.2) is 18.2 Å². The van der Waals surface area contributed by atoms with Crippen molar-refractivity contribution >= 4 is 27.3 Å². The summed E-state index contributed by atoms with van der Waals surface area (Å²) in [7, 11) is -3.82. The number of halogens is 2. The summed E-state index contributed by atoms with van der Waals surface area (Å²) in [5.41, 5.74) is -0.107. The quantitative estimate of drug-likeness (QED) is 0.874. The molecular formula is C13H17ClFNO3S. The predicted octanol–water partition coefficient (Wildman–Crippen LogP) is 2.31. The van der Waals surface area contributed by atoms with E-state index in [-0.39, 0.29) is 10.6 Å². The maximum absolute atomic E-state index is 13.6. The van der Waals surface area contributed by atoms with E-state index in [4.69, 9.17) is 11.6 Å². The fourth-order valence-electron chi connectivity index (χ4n) is 1.55. The monoisotopic (exact) mass is 321 g/mol. The molecule has 0 bridgehead atoms. The van der Waals surface area contributed by atoms with Gasteiger partial charge >= 0.3 is 0 Å². The minimum atomic E-state index is -3.82. The number of carbonyl (C=O) groups is 1. The summed E-state index contributed by atoms with van der Waals surface area (Å²) in [5, 5.41) is 1.30. The molecule has 0 saturated heterocycles. The first-order valence-electron chi connectivity index (χ1n) is 6.21. The highest BCUT2D eigenvalue weighted by Crippen LogP contribution is 2.23. The molecule has 7 heteroatoms. The first-order chi connectivity index (χ1) is 9.29. The van der Waals surface area contributed by atoms with Gasteiger partial charge in [0.25, 0.3) is 0 Å². The fraction of sp³-hybridized carbons (Fsp3) is 0.462. The second kappa shape index (κ2) is 7.04. The molecule has 1 N–H and O–H groups in total. The maximum Gasteiger partial charge on any atom is 0.238 e. The third-order valence-electron chi connectivity index (χ3n) is 2.86. The Balaban J connectivity index is 2.92. The lowest BCUT2D eigenvalue weighted by molar-refractivity contribution is -0.120. The fourth-order valence-corrected chi connectivity index (χ4v) is 3.22. The van der Waals surface area contributed by atoms with Crippen LogP contribution < -0.4 is 5.32 Å². The Morgan fingerprint density at radius 3 is 2.65 bits per heavy atom. The van der Waals surface area contributed by atoms with Gasteiger partial charge in [0.1, 0.15) is 11.1 Å². The van der Waals surface area contributed by atoms with E-state index >= 15 is 0 Å². The van der Waals surface area contributed by atoms with Crippen molar-refractivity contribution in [1.29, 1.82) is 0 Å². The summed E-state index contributed by atoms with van der Waals surface area (Å²) in [6, 6.07) is 3.95. The smallest absolute Gasteiger partial charge is 0.238 e. The molecule has 0 fully saturated rings. The number of rotatable bonds is 6. The molecule has 20 heavy (non-hydrogen) atoms. The van der Waals surface area contributed by atoms with Crippen molar-refractivity contribution in [2.75, 3.05) is 6.54 Å². The molecule has 0 spiro atoms. The maximum atomic E-state index is 13.6. The number of hydrogen-bond donors (Lipinski definition) is 1. The highest BCUT2D eigenvalue weighted by Gasteiger charge is 2.29. The van der Waals surface area contributed by atoms with Gasteiger partial charge in [0.2, 0.25) is 5.91 Å². The standard InChI is InChI=1S/C13H17ClFNO3S/c1-3-7-16-13(17)9(2)20(18,19)8-10-11(14)5-4-6-12(10)15/h4-6,9H,3,7-8H2,1-2H3,(H,16,17). The number of carbonyl (C=O) groups excluding carboxylic acids is 1. The van der Waals surface area contributed by atoms with Gasteiger partial charge in [-0.2, -0.15) is 0 Å². The Hall–Kier alpha value is -1.14. The highest BCUT2D eigenvalue weighted by atomic mass is 35.5. The lowest BCUT2D eigenvalue weighted by atomic mass is 10.2. The van der Waals surface area contributed by atoms with Crippen molar-refractivity contribution in [2.45, 2.75) is 31.3 Å². The number of benzene rings is 1. The summed E-state index contributed by atoms with van der Waals surface area (Å²) in [4.78, 5) is 11.7. The number of hydrogen-bond acceptors (Lipinski definition) is 3. The summed E-state index contributed by atoms with van der Waals surface area (Å²) < 4.78 is 37.8. The molecule has 112 valence electrons. The van der Waals surface area contributed by atoms with Crippen molar-refractivity contribution in [3.8, 4) is 0 Å². The number of amides is 1. The van der Waals surface area contributed by atoms with Gasteiger partial charge in [0.05, 0.1) is 5.75 Å².